The minimum atomic E-state index is 0.0461. The molecule has 1 aromatic heterocycles. The molecule has 5 nitrogen and oxygen atoms in total. The minimum absolute atomic E-state index is 0.0461. The summed E-state index contributed by atoms with van der Waals surface area (Å²) < 4.78 is 9.02. The Labute approximate surface area is 196 Å². The predicted octanol–water partition coefficient (Wildman–Crippen LogP) is 6.21. The number of aromatic nitrogens is 3. The average molecular weight is 500 g/mol. The first kappa shape index (κ1) is 23.3. The van der Waals surface area contributed by atoms with Crippen molar-refractivity contribution in [3.05, 3.63) is 82.1 Å². The lowest BCUT2D eigenvalue weighted by atomic mass is 10.0. The monoisotopic (exact) mass is 499 g/mol. The van der Waals surface area contributed by atoms with E-state index in [1.165, 1.54) is 11.8 Å². The van der Waals surface area contributed by atoms with Gasteiger partial charge in [-0.15, -0.1) is 16.8 Å². The number of nitrogens with zero attached hydrogens (tertiary/aromatic N) is 3. The van der Waals surface area contributed by atoms with E-state index in [2.05, 4.69) is 64.8 Å². The normalized spacial score (nSPS) is 11.0. The molecule has 0 saturated heterocycles. The first-order valence-electron chi connectivity index (χ1n) is 10.1. The Kier molecular flexibility index (Phi) is 8.09. The number of Topliss-reactive ketones (excluding diaryl/α,β-unsaturated/α-hetero) is 1. The third kappa shape index (κ3) is 6.08. The van der Waals surface area contributed by atoms with Crippen molar-refractivity contribution in [3.8, 4) is 5.75 Å². The van der Waals surface area contributed by atoms with E-state index in [9.17, 15) is 4.79 Å². The van der Waals surface area contributed by atoms with E-state index in [1.807, 2.05) is 35.8 Å². The number of ketones is 1. The van der Waals surface area contributed by atoms with Gasteiger partial charge in [0, 0.05) is 16.6 Å². The van der Waals surface area contributed by atoms with Gasteiger partial charge in [0.05, 0.1) is 5.75 Å². The second kappa shape index (κ2) is 10.8. The van der Waals surface area contributed by atoms with E-state index >= 15 is 0 Å². The largest absolute Gasteiger partial charge is 0.485 e. The van der Waals surface area contributed by atoms with E-state index < -0.39 is 0 Å². The summed E-state index contributed by atoms with van der Waals surface area (Å²) in [7, 11) is 0. The molecule has 162 valence electrons. The fourth-order valence-electron chi connectivity index (χ4n) is 3.08. The fraction of sp³-hybridized carbons (Fsp3) is 0.292. The molecule has 0 aliphatic carbocycles. The van der Waals surface area contributed by atoms with Crippen LogP contribution in [0.5, 0.6) is 5.75 Å². The molecule has 31 heavy (non-hydrogen) atoms. The van der Waals surface area contributed by atoms with E-state index in [0.29, 0.717) is 35.6 Å². The summed E-state index contributed by atoms with van der Waals surface area (Å²) in [5, 5.41) is 9.28. The Morgan fingerprint density at radius 1 is 1.23 bits per heavy atom. The molecule has 0 aliphatic heterocycles. The number of allylic oxidation sites excluding steroid dienone is 1. The summed E-state index contributed by atoms with van der Waals surface area (Å²) in [5.41, 5.74) is 2.99. The number of aryl methyl sites for hydroxylation is 1. The van der Waals surface area contributed by atoms with Gasteiger partial charge in [0.1, 0.15) is 12.4 Å². The summed E-state index contributed by atoms with van der Waals surface area (Å²) in [6, 6.07) is 13.6. The smallest absolute Gasteiger partial charge is 0.192 e. The molecule has 3 rings (SSSR count). The number of thioether (sulfide) groups is 1. The van der Waals surface area contributed by atoms with Crippen molar-refractivity contribution >= 4 is 33.5 Å². The number of rotatable bonds is 10. The number of hydrogen-bond donors (Lipinski definition) is 0. The van der Waals surface area contributed by atoms with Crippen LogP contribution in [0.25, 0.3) is 0 Å². The molecule has 2 aromatic carbocycles. The van der Waals surface area contributed by atoms with Crippen LogP contribution in [-0.2, 0) is 13.2 Å². The number of ether oxygens (including phenoxy) is 1. The minimum Gasteiger partial charge on any atom is -0.485 e. The van der Waals surface area contributed by atoms with Crippen LogP contribution in [0.2, 0.25) is 0 Å². The molecule has 0 saturated carbocycles. The van der Waals surface area contributed by atoms with Crippen molar-refractivity contribution in [1.82, 2.24) is 14.8 Å². The Morgan fingerprint density at radius 3 is 2.65 bits per heavy atom. The third-order valence-corrected chi connectivity index (χ3v) is 6.25. The van der Waals surface area contributed by atoms with Crippen LogP contribution < -0.4 is 4.74 Å². The molecule has 3 aromatic rings. The first-order chi connectivity index (χ1) is 14.9. The van der Waals surface area contributed by atoms with E-state index in [4.69, 9.17) is 4.74 Å². The van der Waals surface area contributed by atoms with E-state index in [1.54, 1.807) is 6.08 Å². The highest BCUT2D eigenvalue weighted by Gasteiger charge is 2.16. The van der Waals surface area contributed by atoms with Gasteiger partial charge in [0.15, 0.2) is 16.8 Å². The van der Waals surface area contributed by atoms with Crippen LogP contribution in [-0.4, -0.2) is 26.3 Å². The Bertz CT molecular complexity index is 1060. The second-order valence-corrected chi connectivity index (χ2v) is 9.36. The molecular weight excluding hydrogens is 474 g/mol. The maximum atomic E-state index is 12.5. The molecular formula is C24H26BrN3O2S. The zero-order valence-corrected chi connectivity index (χ0v) is 20.4. The Hall–Kier alpha value is -2.38. The number of halogens is 1. The molecule has 0 N–H and O–H groups in total. The van der Waals surface area contributed by atoms with Crippen molar-refractivity contribution < 1.29 is 9.53 Å². The topological polar surface area (TPSA) is 57.0 Å². The maximum absolute atomic E-state index is 12.5. The van der Waals surface area contributed by atoms with Crippen LogP contribution in [0, 0.1) is 6.92 Å². The van der Waals surface area contributed by atoms with Crippen molar-refractivity contribution in [1.29, 1.82) is 0 Å². The van der Waals surface area contributed by atoms with E-state index in [-0.39, 0.29) is 11.5 Å². The number of carbonyl (C=O) groups is 1. The molecule has 0 atom stereocenters. The lowest BCUT2D eigenvalue weighted by Crippen LogP contribution is -2.09. The highest BCUT2D eigenvalue weighted by molar-refractivity contribution is 9.10. The van der Waals surface area contributed by atoms with Crippen LogP contribution in [0.15, 0.2) is 64.7 Å². The zero-order valence-electron chi connectivity index (χ0n) is 18.0. The molecule has 0 aliphatic rings. The fourth-order valence-corrected chi connectivity index (χ4v) is 4.21. The van der Waals surface area contributed by atoms with Gasteiger partial charge in [0.2, 0.25) is 0 Å². The van der Waals surface area contributed by atoms with Gasteiger partial charge in [-0.2, -0.15) is 0 Å². The molecule has 0 bridgehead atoms. The van der Waals surface area contributed by atoms with Crippen LogP contribution in [0.4, 0.5) is 0 Å². The highest BCUT2D eigenvalue weighted by atomic mass is 79.9. The van der Waals surface area contributed by atoms with Gasteiger partial charge in [-0.1, -0.05) is 71.9 Å². The predicted molar refractivity (Wildman–Crippen MR) is 129 cm³/mol. The summed E-state index contributed by atoms with van der Waals surface area (Å²) in [4.78, 5) is 12.5. The van der Waals surface area contributed by atoms with Crippen molar-refractivity contribution in [2.24, 2.45) is 0 Å². The quantitative estimate of drug-likeness (QED) is 0.188. The Balaban J connectivity index is 1.72. The van der Waals surface area contributed by atoms with Gasteiger partial charge in [-0.05, 0) is 42.2 Å². The molecule has 7 heteroatoms. The van der Waals surface area contributed by atoms with Gasteiger partial charge in [-0.25, -0.2) is 0 Å². The molecule has 0 fully saturated rings. The Morgan fingerprint density at radius 2 is 1.97 bits per heavy atom. The number of carbonyl (C=O) groups excluding carboxylic acids is 1. The molecule has 0 spiro atoms. The summed E-state index contributed by atoms with van der Waals surface area (Å²) in [6.07, 6.45) is 1.79. The van der Waals surface area contributed by atoms with Gasteiger partial charge < -0.3 is 4.74 Å². The standard InChI is InChI=1S/C24H26BrN3O2S/c1-5-12-28-23(14-30-22-13-17(4)6-11-20(22)16(2)3)26-27-24(28)31-15-21(29)18-7-9-19(25)10-8-18/h5-11,13,16H,1,12,14-15H2,2-4H3. The highest BCUT2D eigenvalue weighted by Crippen LogP contribution is 2.28. The summed E-state index contributed by atoms with van der Waals surface area (Å²) in [6.45, 7) is 11.0. The van der Waals surface area contributed by atoms with Gasteiger partial charge in [-0.3, -0.25) is 9.36 Å². The lowest BCUT2D eigenvalue weighted by molar-refractivity contribution is 0.102. The zero-order chi connectivity index (χ0) is 22.4. The SMILES string of the molecule is C=CCn1c(COc2cc(C)ccc2C(C)C)nnc1SCC(=O)c1ccc(Br)cc1. The number of benzene rings is 2. The van der Waals surface area contributed by atoms with E-state index in [0.717, 1.165) is 21.3 Å². The van der Waals surface area contributed by atoms with Gasteiger partial charge >= 0.3 is 0 Å². The van der Waals surface area contributed by atoms with Crippen LogP contribution in [0.1, 0.15) is 47.1 Å². The molecule has 1 heterocycles. The summed E-state index contributed by atoms with van der Waals surface area (Å²) in [5.74, 6) is 2.26. The molecule has 0 radical (unpaired) electrons. The second-order valence-electron chi connectivity index (χ2n) is 7.50. The van der Waals surface area contributed by atoms with Crippen molar-refractivity contribution in [2.75, 3.05) is 5.75 Å². The van der Waals surface area contributed by atoms with Crippen molar-refractivity contribution in [3.63, 3.8) is 0 Å². The van der Waals surface area contributed by atoms with Crippen LogP contribution in [0.3, 0.4) is 0 Å². The molecule has 0 amide bonds. The number of hydrogen-bond acceptors (Lipinski definition) is 5. The summed E-state index contributed by atoms with van der Waals surface area (Å²) >= 11 is 4.76. The third-order valence-electron chi connectivity index (χ3n) is 4.75. The lowest BCUT2D eigenvalue weighted by Gasteiger charge is -2.15. The van der Waals surface area contributed by atoms with Gasteiger partial charge in [0.25, 0.3) is 0 Å². The maximum Gasteiger partial charge on any atom is 0.192 e. The average Bonchev–Trinajstić information content (AvgIpc) is 3.12. The first-order valence-corrected chi connectivity index (χ1v) is 11.8. The van der Waals surface area contributed by atoms with Crippen molar-refractivity contribution in [2.45, 2.75) is 45.0 Å². The molecule has 0 unspecified atom stereocenters. The van der Waals surface area contributed by atoms with Crippen LogP contribution >= 0.6 is 27.7 Å².